The van der Waals surface area contributed by atoms with Gasteiger partial charge < -0.3 is 20.3 Å². The number of amides is 2. The molecule has 1 aliphatic rings. The number of hydrogen-bond acceptors (Lipinski definition) is 5. The van der Waals surface area contributed by atoms with Crippen molar-refractivity contribution in [2.45, 2.75) is 25.8 Å². The van der Waals surface area contributed by atoms with E-state index in [-0.39, 0.29) is 24.5 Å². The number of nitrogens with one attached hydrogen (secondary N) is 2. The van der Waals surface area contributed by atoms with Gasteiger partial charge in [0, 0.05) is 26.8 Å². The predicted octanol–water partition coefficient (Wildman–Crippen LogP) is 1.84. The van der Waals surface area contributed by atoms with Crippen LogP contribution < -0.4 is 15.4 Å². The molecule has 1 unspecified atom stereocenters. The molecule has 8 nitrogen and oxygen atoms in total. The lowest BCUT2D eigenvalue weighted by Gasteiger charge is -2.22. The minimum absolute atomic E-state index is 0.0946. The highest BCUT2D eigenvalue weighted by Crippen LogP contribution is 2.26. The molecule has 1 aromatic heterocycles. The van der Waals surface area contributed by atoms with Gasteiger partial charge in [0.15, 0.2) is 12.3 Å². The molecule has 1 aliphatic heterocycles. The zero-order chi connectivity index (χ0) is 20.1. The summed E-state index contributed by atoms with van der Waals surface area (Å²) in [5.41, 5.74) is 1.83. The maximum atomic E-state index is 12.7. The topological polar surface area (TPSA) is 88.5 Å². The number of aromatic nitrogens is 2. The van der Waals surface area contributed by atoms with Crippen molar-refractivity contribution in [1.29, 1.82) is 0 Å². The van der Waals surface area contributed by atoms with E-state index in [1.165, 1.54) is 4.90 Å². The summed E-state index contributed by atoms with van der Waals surface area (Å²) in [6.07, 6.45) is 3.99. The molecule has 0 spiro atoms. The highest BCUT2D eigenvalue weighted by Gasteiger charge is 2.19. The van der Waals surface area contributed by atoms with Gasteiger partial charge in [0.05, 0.1) is 11.7 Å². The first-order valence-corrected chi connectivity index (χ1v) is 9.45. The molecule has 1 atom stereocenters. The first kappa shape index (κ1) is 19.9. The number of benzene rings is 1. The molecule has 0 aliphatic carbocycles. The van der Waals surface area contributed by atoms with Gasteiger partial charge in [0.2, 0.25) is 0 Å². The van der Waals surface area contributed by atoms with Crippen LogP contribution in [0.4, 0.5) is 5.69 Å². The number of aryl methyl sites for hydroxylation is 1. The van der Waals surface area contributed by atoms with Gasteiger partial charge in [-0.15, -0.1) is 0 Å². The van der Waals surface area contributed by atoms with Gasteiger partial charge in [-0.05, 0) is 50.1 Å². The predicted molar refractivity (Wildman–Crippen MR) is 107 cm³/mol. The number of ether oxygens (including phenoxy) is 1. The number of carbonyl (C=O) groups excluding carboxylic acids is 2. The molecular weight excluding hydrogens is 358 g/mol. The molecule has 1 saturated heterocycles. The fraction of sp³-hybridized carbons (Fsp3) is 0.450. The molecule has 2 amide bonds. The zero-order valence-corrected chi connectivity index (χ0v) is 16.6. The number of nitrogens with zero attached hydrogens (tertiary/aromatic N) is 3. The van der Waals surface area contributed by atoms with Crippen molar-refractivity contribution in [2.75, 3.05) is 39.1 Å². The van der Waals surface area contributed by atoms with Crippen molar-refractivity contribution in [3.8, 4) is 5.75 Å². The summed E-state index contributed by atoms with van der Waals surface area (Å²) in [6.45, 7) is 3.71. The van der Waals surface area contributed by atoms with Crippen LogP contribution in [-0.4, -0.2) is 60.3 Å². The van der Waals surface area contributed by atoms with Gasteiger partial charge in [0.1, 0.15) is 5.75 Å². The maximum absolute atomic E-state index is 12.7. The Morgan fingerprint density at radius 1 is 1.36 bits per heavy atom. The van der Waals surface area contributed by atoms with Crippen molar-refractivity contribution in [1.82, 2.24) is 20.0 Å². The summed E-state index contributed by atoms with van der Waals surface area (Å²) in [6, 6.07) is 7.43. The van der Waals surface area contributed by atoms with E-state index in [9.17, 15) is 9.59 Å². The average molecular weight is 385 g/mol. The lowest BCUT2D eigenvalue weighted by molar-refractivity contribution is -0.130. The Hall–Kier alpha value is -2.87. The SMILES string of the molecule is Cc1ccc(NC(=O)c2ccn(C3CCCNC3)n2)c(OCC(=O)N(C)C)c1. The first-order valence-electron chi connectivity index (χ1n) is 9.45. The normalized spacial score (nSPS) is 16.5. The Morgan fingerprint density at radius 3 is 2.89 bits per heavy atom. The number of hydrogen-bond donors (Lipinski definition) is 2. The van der Waals surface area contributed by atoms with Gasteiger partial charge in [-0.3, -0.25) is 14.3 Å². The third-order valence-electron chi connectivity index (χ3n) is 4.72. The smallest absolute Gasteiger partial charge is 0.276 e. The standard InChI is InChI=1S/C20H27N5O3/c1-14-6-7-16(18(11-14)28-13-19(26)24(2)3)22-20(27)17-8-10-25(23-17)15-5-4-9-21-12-15/h6-8,10-11,15,21H,4-5,9,12-13H2,1-3H3,(H,22,27). The van der Waals surface area contributed by atoms with E-state index in [1.807, 2.05) is 23.9 Å². The third kappa shape index (κ3) is 4.89. The minimum Gasteiger partial charge on any atom is -0.482 e. The fourth-order valence-corrected chi connectivity index (χ4v) is 3.03. The summed E-state index contributed by atoms with van der Waals surface area (Å²) in [5, 5.41) is 10.6. The molecule has 0 bridgehead atoms. The Morgan fingerprint density at radius 2 is 2.18 bits per heavy atom. The molecule has 3 rings (SSSR count). The maximum Gasteiger partial charge on any atom is 0.276 e. The van der Waals surface area contributed by atoms with Gasteiger partial charge in [-0.25, -0.2) is 0 Å². The van der Waals surface area contributed by atoms with E-state index in [2.05, 4.69) is 15.7 Å². The summed E-state index contributed by atoms with van der Waals surface area (Å²) in [7, 11) is 3.34. The second-order valence-electron chi connectivity index (χ2n) is 7.21. The van der Waals surface area contributed by atoms with E-state index in [0.717, 1.165) is 31.5 Å². The molecule has 2 aromatic rings. The van der Waals surface area contributed by atoms with Crippen LogP contribution in [0.2, 0.25) is 0 Å². The minimum atomic E-state index is -0.310. The Balaban J connectivity index is 1.69. The Bertz CT molecular complexity index is 840. The van der Waals surface area contributed by atoms with E-state index >= 15 is 0 Å². The van der Waals surface area contributed by atoms with Crippen LogP contribution in [0, 0.1) is 6.92 Å². The van der Waals surface area contributed by atoms with Gasteiger partial charge >= 0.3 is 0 Å². The first-order chi connectivity index (χ1) is 13.4. The van der Waals surface area contributed by atoms with Crippen LogP contribution in [-0.2, 0) is 4.79 Å². The summed E-state index contributed by atoms with van der Waals surface area (Å²) in [5.74, 6) is -0.00626. The second kappa shape index (κ2) is 8.88. The number of rotatable bonds is 6. The Kier molecular flexibility index (Phi) is 6.30. The third-order valence-corrected chi connectivity index (χ3v) is 4.72. The van der Waals surface area contributed by atoms with Crippen LogP contribution >= 0.6 is 0 Å². The molecule has 2 heterocycles. The fourth-order valence-electron chi connectivity index (χ4n) is 3.03. The second-order valence-corrected chi connectivity index (χ2v) is 7.21. The van der Waals surface area contributed by atoms with Gasteiger partial charge in [0.25, 0.3) is 11.8 Å². The highest BCUT2D eigenvalue weighted by atomic mass is 16.5. The van der Waals surface area contributed by atoms with E-state index in [0.29, 0.717) is 17.1 Å². The molecule has 0 saturated carbocycles. The lowest BCUT2D eigenvalue weighted by atomic mass is 10.1. The van der Waals surface area contributed by atoms with Gasteiger partial charge in [-0.1, -0.05) is 6.07 Å². The van der Waals surface area contributed by atoms with Crippen molar-refractivity contribution in [3.05, 3.63) is 41.7 Å². The van der Waals surface area contributed by atoms with Crippen LogP contribution in [0.25, 0.3) is 0 Å². The van der Waals surface area contributed by atoms with Crippen LogP contribution in [0.1, 0.15) is 34.9 Å². The number of carbonyl (C=O) groups is 2. The van der Waals surface area contributed by atoms with Gasteiger partial charge in [-0.2, -0.15) is 5.10 Å². The van der Waals surface area contributed by atoms with Crippen molar-refractivity contribution in [3.63, 3.8) is 0 Å². The quantitative estimate of drug-likeness (QED) is 0.792. The Labute approximate surface area is 164 Å². The largest absolute Gasteiger partial charge is 0.482 e. The molecule has 1 aromatic carbocycles. The van der Waals surface area contributed by atoms with E-state index in [1.54, 1.807) is 32.3 Å². The lowest BCUT2D eigenvalue weighted by Crippen LogP contribution is -2.32. The number of piperidine rings is 1. The molecule has 0 radical (unpaired) electrons. The highest BCUT2D eigenvalue weighted by molar-refractivity contribution is 6.03. The summed E-state index contributed by atoms with van der Waals surface area (Å²) >= 11 is 0. The van der Waals surface area contributed by atoms with Crippen molar-refractivity contribution >= 4 is 17.5 Å². The average Bonchev–Trinajstić information content (AvgIpc) is 3.19. The van der Waals surface area contributed by atoms with Crippen LogP contribution in [0.3, 0.4) is 0 Å². The molecule has 8 heteroatoms. The van der Waals surface area contributed by atoms with E-state index < -0.39 is 0 Å². The molecular formula is C20H27N5O3. The zero-order valence-electron chi connectivity index (χ0n) is 16.6. The number of likely N-dealkylation sites (N-methyl/N-ethyl adjacent to an activating group) is 1. The molecule has 28 heavy (non-hydrogen) atoms. The van der Waals surface area contributed by atoms with Crippen LogP contribution in [0.5, 0.6) is 5.75 Å². The number of anilines is 1. The molecule has 2 N–H and O–H groups in total. The monoisotopic (exact) mass is 385 g/mol. The van der Waals surface area contributed by atoms with Crippen LogP contribution in [0.15, 0.2) is 30.5 Å². The van der Waals surface area contributed by atoms with E-state index in [4.69, 9.17) is 4.74 Å². The van der Waals surface area contributed by atoms with Crippen molar-refractivity contribution in [2.24, 2.45) is 0 Å². The summed E-state index contributed by atoms with van der Waals surface area (Å²) in [4.78, 5) is 25.9. The molecule has 1 fully saturated rings. The van der Waals surface area contributed by atoms with Crippen molar-refractivity contribution < 1.29 is 14.3 Å². The summed E-state index contributed by atoms with van der Waals surface area (Å²) < 4.78 is 7.49. The molecule has 150 valence electrons.